The number of hydrogen-bond acceptors (Lipinski definition) is 6. The topological polar surface area (TPSA) is 64.7 Å². The molecule has 0 radical (unpaired) electrons. The van der Waals surface area contributed by atoms with Crippen molar-refractivity contribution in [1.29, 1.82) is 0 Å². The van der Waals surface area contributed by atoms with Gasteiger partial charge in [-0.1, -0.05) is 23.4 Å². The highest BCUT2D eigenvalue weighted by atomic mass is 79.9. The normalized spacial score (nSPS) is 12.7. The molecule has 8 heteroatoms. The number of pyridine rings is 1. The summed E-state index contributed by atoms with van der Waals surface area (Å²) in [7, 11) is 0. The maximum absolute atomic E-state index is 5.90. The fourth-order valence-electron chi connectivity index (χ4n) is 1.83. The third-order valence-electron chi connectivity index (χ3n) is 2.83. The van der Waals surface area contributed by atoms with Crippen LogP contribution in [0, 0.1) is 0 Å². The number of anilines is 1. The van der Waals surface area contributed by atoms with E-state index < -0.39 is 0 Å². The van der Waals surface area contributed by atoms with E-state index in [1.165, 1.54) is 23.2 Å². The van der Waals surface area contributed by atoms with Crippen molar-refractivity contribution >= 4 is 66.5 Å². The number of nitrogen functional groups attached to an aromatic ring is 1. The SMILES string of the molecule is CC(Sc1nc(N)cc(Cl)n1)c1cc2c(Br)csc2cn1. The maximum atomic E-state index is 5.90. The number of nitrogens with zero attached hydrogens (tertiary/aromatic N) is 3. The van der Waals surface area contributed by atoms with E-state index in [2.05, 4.69) is 49.3 Å². The van der Waals surface area contributed by atoms with Crippen molar-refractivity contribution in [2.75, 3.05) is 5.73 Å². The van der Waals surface area contributed by atoms with Crippen LogP contribution in [-0.2, 0) is 0 Å². The molecule has 0 spiro atoms. The third kappa shape index (κ3) is 3.31. The van der Waals surface area contributed by atoms with Gasteiger partial charge in [-0.15, -0.1) is 11.3 Å². The Hall–Kier alpha value is -0.890. The molecule has 0 aromatic carbocycles. The number of nitrogens with two attached hydrogens (primary N) is 1. The first-order chi connectivity index (χ1) is 10.0. The van der Waals surface area contributed by atoms with Gasteiger partial charge >= 0.3 is 0 Å². The smallest absolute Gasteiger partial charge is 0.191 e. The molecular formula is C13H10BrClN4S2. The minimum Gasteiger partial charge on any atom is -0.384 e. The van der Waals surface area contributed by atoms with Crippen LogP contribution in [-0.4, -0.2) is 15.0 Å². The molecule has 3 heterocycles. The summed E-state index contributed by atoms with van der Waals surface area (Å²) in [6.07, 6.45) is 1.89. The highest BCUT2D eigenvalue weighted by Gasteiger charge is 2.14. The van der Waals surface area contributed by atoms with Gasteiger partial charge in [0.2, 0.25) is 0 Å². The molecular weight excluding hydrogens is 392 g/mol. The molecule has 1 atom stereocenters. The van der Waals surface area contributed by atoms with Crippen LogP contribution in [0.25, 0.3) is 10.1 Å². The van der Waals surface area contributed by atoms with Crippen LogP contribution in [0.1, 0.15) is 17.9 Å². The minimum atomic E-state index is 0.0964. The van der Waals surface area contributed by atoms with Crippen molar-refractivity contribution in [3.63, 3.8) is 0 Å². The van der Waals surface area contributed by atoms with Crippen LogP contribution in [0.2, 0.25) is 5.15 Å². The summed E-state index contributed by atoms with van der Waals surface area (Å²) >= 11 is 12.6. The average molecular weight is 402 g/mol. The van der Waals surface area contributed by atoms with Crippen LogP contribution < -0.4 is 5.73 Å². The van der Waals surface area contributed by atoms with Crippen molar-refractivity contribution in [2.24, 2.45) is 0 Å². The molecule has 0 aliphatic heterocycles. The highest BCUT2D eigenvalue weighted by molar-refractivity contribution is 9.10. The zero-order valence-corrected chi connectivity index (χ0v) is 14.9. The molecule has 3 aromatic rings. The molecule has 0 amide bonds. The number of thiophene rings is 1. The summed E-state index contributed by atoms with van der Waals surface area (Å²) in [4.78, 5) is 12.9. The van der Waals surface area contributed by atoms with Crippen molar-refractivity contribution in [3.05, 3.63) is 39.0 Å². The lowest BCUT2D eigenvalue weighted by atomic mass is 10.2. The van der Waals surface area contributed by atoms with Crippen molar-refractivity contribution < 1.29 is 0 Å². The zero-order chi connectivity index (χ0) is 15.0. The van der Waals surface area contributed by atoms with E-state index in [1.54, 1.807) is 11.3 Å². The first-order valence-corrected chi connectivity index (χ1v) is 8.95. The summed E-state index contributed by atoms with van der Waals surface area (Å²) in [6, 6.07) is 3.62. The molecule has 1 unspecified atom stereocenters. The van der Waals surface area contributed by atoms with Gasteiger partial charge in [0.25, 0.3) is 0 Å². The van der Waals surface area contributed by atoms with Gasteiger partial charge in [-0.3, -0.25) is 4.98 Å². The highest BCUT2D eigenvalue weighted by Crippen LogP contribution is 2.36. The van der Waals surface area contributed by atoms with Gasteiger partial charge in [0, 0.05) is 27.5 Å². The quantitative estimate of drug-likeness (QED) is 0.382. The van der Waals surface area contributed by atoms with E-state index in [4.69, 9.17) is 17.3 Å². The second-order valence-corrected chi connectivity index (χ2v) is 7.81. The maximum Gasteiger partial charge on any atom is 0.191 e. The van der Waals surface area contributed by atoms with Gasteiger partial charge in [-0.25, -0.2) is 9.97 Å². The minimum absolute atomic E-state index is 0.0964. The second kappa shape index (κ2) is 6.08. The molecule has 3 aromatic heterocycles. The second-order valence-electron chi connectivity index (χ2n) is 4.35. The number of hydrogen-bond donors (Lipinski definition) is 1. The Morgan fingerprint density at radius 2 is 2.19 bits per heavy atom. The van der Waals surface area contributed by atoms with Crippen molar-refractivity contribution in [3.8, 4) is 0 Å². The standard InChI is InChI=1S/C13H10BrClN4S2/c1-6(21-13-18-11(15)3-12(16)19-13)9-2-7-8(14)5-20-10(7)4-17-9/h2-6H,1H3,(H2,16,18,19). The lowest BCUT2D eigenvalue weighted by Gasteiger charge is -2.10. The van der Waals surface area contributed by atoms with E-state index in [0.29, 0.717) is 16.1 Å². The van der Waals surface area contributed by atoms with Gasteiger partial charge in [-0.05, 0) is 28.9 Å². The summed E-state index contributed by atoms with van der Waals surface area (Å²) in [5.41, 5.74) is 6.65. The van der Waals surface area contributed by atoms with Crippen LogP contribution in [0.5, 0.6) is 0 Å². The molecule has 0 aliphatic rings. The Labute approximate surface area is 143 Å². The predicted octanol–water partition coefficient (Wildman–Crippen LogP) is 4.94. The summed E-state index contributed by atoms with van der Waals surface area (Å²) in [6.45, 7) is 2.06. The predicted molar refractivity (Wildman–Crippen MR) is 93.0 cm³/mol. The molecule has 0 bridgehead atoms. The van der Waals surface area contributed by atoms with Gasteiger partial charge in [0.1, 0.15) is 11.0 Å². The fraction of sp³-hybridized carbons (Fsp3) is 0.154. The Morgan fingerprint density at radius 3 is 2.95 bits per heavy atom. The lowest BCUT2D eigenvalue weighted by molar-refractivity contribution is 0.947. The van der Waals surface area contributed by atoms with E-state index in [1.807, 2.05) is 6.20 Å². The fourth-order valence-corrected chi connectivity index (χ4v) is 4.45. The summed E-state index contributed by atoms with van der Waals surface area (Å²) in [5, 5.41) is 4.23. The largest absolute Gasteiger partial charge is 0.384 e. The number of rotatable bonds is 3. The van der Waals surface area contributed by atoms with E-state index in [0.717, 1.165) is 14.9 Å². The van der Waals surface area contributed by atoms with Crippen LogP contribution in [0.4, 0.5) is 5.82 Å². The van der Waals surface area contributed by atoms with E-state index >= 15 is 0 Å². The Kier molecular flexibility index (Phi) is 4.35. The van der Waals surface area contributed by atoms with Crippen molar-refractivity contribution in [2.45, 2.75) is 17.3 Å². The lowest BCUT2D eigenvalue weighted by Crippen LogP contribution is -1.98. The van der Waals surface area contributed by atoms with E-state index in [9.17, 15) is 0 Å². The molecule has 21 heavy (non-hydrogen) atoms. The molecule has 4 nitrogen and oxygen atoms in total. The number of aromatic nitrogens is 3. The summed E-state index contributed by atoms with van der Waals surface area (Å²) in [5.74, 6) is 0.369. The third-order valence-corrected chi connectivity index (χ3v) is 5.90. The van der Waals surface area contributed by atoms with Crippen LogP contribution in [0.15, 0.2) is 33.3 Å². The Bertz CT molecular complexity index is 788. The van der Waals surface area contributed by atoms with Crippen LogP contribution in [0.3, 0.4) is 0 Å². The number of fused-ring (bicyclic) bond motifs is 1. The van der Waals surface area contributed by atoms with Gasteiger partial charge in [-0.2, -0.15) is 0 Å². The van der Waals surface area contributed by atoms with E-state index in [-0.39, 0.29) is 5.25 Å². The molecule has 0 fully saturated rings. The van der Waals surface area contributed by atoms with Gasteiger partial charge in [0.05, 0.1) is 15.6 Å². The first kappa shape index (κ1) is 15.0. The Balaban J connectivity index is 1.89. The number of halogens is 2. The zero-order valence-electron chi connectivity index (χ0n) is 10.9. The molecule has 0 aliphatic carbocycles. The molecule has 2 N–H and O–H groups in total. The Morgan fingerprint density at radius 1 is 1.38 bits per heavy atom. The van der Waals surface area contributed by atoms with Gasteiger partial charge < -0.3 is 5.73 Å². The molecule has 0 saturated carbocycles. The molecule has 3 rings (SSSR count). The van der Waals surface area contributed by atoms with Crippen molar-refractivity contribution in [1.82, 2.24) is 15.0 Å². The summed E-state index contributed by atoms with van der Waals surface area (Å²) < 4.78 is 2.25. The first-order valence-electron chi connectivity index (χ1n) is 6.02. The van der Waals surface area contributed by atoms with Gasteiger partial charge in [0.15, 0.2) is 5.16 Å². The molecule has 0 saturated heterocycles. The molecule has 108 valence electrons. The van der Waals surface area contributed by atoms with Crippen LogP contribution >= 0.6 is 50.6 Å². The number of thioether (sulfide) groups is 1. The average Bonchev–Trinajstić information content (AvgIpc) is 2.79. The monoisotopic (exact) mass is 400 g/mol.